The molecule has 0 radical (unpaired) electrons. The monoisotopic (exact) mass is 402 g/mol. The largest absolute Gasteiger partial charge is 0.497 e. The number of pyridine rings is 1. The quantitative estimate of drug-likeness (QED) is 0.787. The van der Waals surface area contributed by atoms with Gasteiger partial charge in [0.1, 0.15) is 5.75 Å². The van der Waals surface area contributed by atoms with Crippen LogP contribution in [0, 0.1) is 11.8 Å². The van der Waals surface area contributed by atoms with Gasteiger partial charge in [0, 0.05) is 23.5 Å². The van der Waals surface area contributed by atoms with Crippen molar-refractivity contribution in [3.05, 3.63) is 36.4 Å². The van der Waals surface area contributed by atoms with Gasteiger partial charge in [-0.25, -0.2) is 4.98 Å². The van der Waals surface area contributed by atoms with Crippen LogP contribution in [0.1, 0.15) is 24.5 Å². The summed E-state index contributed by atoms with van der Waals surface area (Å²) in [5.41, 5.74) is 1.20. The van der Waals surface area contributed by atoms with E-state index in [-0.39, 0.29) is 17.7 Å². The van der Waals surface area contributed by atoms with Crippen molar-refractivity contribution in [3.63, 3.8) is 0 Å². The van der Waals surface area contributed by atoms with E-state index in [0.29, 0.717) is 28.7 Å². The molecule has 5 heterocycles. The van der Waals surface area contributed by atoms with Gasteiger partial charge in [0.05, 0.1) is 18.7 Å². The van der Waals surface area contributed by atoms with Crippen LogP contribution in [0.15, 0.2) is 30.9 Å². The summed E-state index contributed by atoms with van der Waals surface area (Å²) in [7, 11) is 1.59. The zero-order valence-electron chi connectivity index (χ0n) is 15.5. The van der Waals surface area contributed by atoms with Gasteiger partial charge in [-0.1, -0.05) is 6.08 Å². The number of aromatic nitrogens is 1. The van der Waals surface area contributed by atoms with E-state index in [0.717, 1.165) is 31.3 Å². The highest BCUT2D eigenvalue weighted by Gasteiger charge is 2.44. The second-order valence-electron chi connectivity index (χ2n) is 7.60. The van der Waals surface area contributed by atoms with Gasteiger partial charge in [0.25, 0.3) is 5.88 Å². The number of aliphatic hydroxyl groups is 1. The van der Waals surface area contributed by atoms with Crippen LogP contribution in [0.4, 0.5) is 0 Å². The average Bonchev–Trinajstić information content (AvgIpc) is 3.10. The van der Waals surface area contributed by atoms with E-state index in [1.165, 1.54) is 0 Å². The second kappa shape index (κ2) is 6.72. The van der Waals surface area contributed by atoms with E-state index in [4.69, 9.17) is 13.1 Å². The molecule has 28 heavy (non-hydrogen) atoms. The minimum atomic E-state index is -1.95. The van der Waals surface area contributed by atoms with Gasteiger partial charge < -0.3 is 18.2 Å². The Balaban J connectivity index is 1.62. The zero-order valence-corrected chi connectivity index (χ0v) is 16.4. The van der Waals surface area contributed by atoms with Crippen molar-refractivity contribution < 1.29 is 22.4 Å². The first-order chi connectivity index (χ1) is 13.6. The van der Waals surface area contributed by atoms with E-state index < -0.39 is 17.5 Å². The lowest BCUT2D eigenvalue weighted by Gasteiger charge is -2.50. The second-order valence-corrected chi connectivity index (χ2v) is 8.35. The van der Waals surface area contributed by atoms with E-state index in [2.05, 4.69) is 16.5 Å². The van der Waals surface area contributed by atoms with Crippen LogP contribution < -0.4 is 13.1 Å². The minimum Gasteiger partial charge on any atom is -0.497 e. The van der Waals surface area contributed by atoms with Gasteiger partial charge in [-0.2, -0.15) is 4.21 Å². The molecule has 4 aliphatic heterocycles. The fourth-order valence-corrected chi connectivity index (χ4v) is 5.40. The average molecular weight is 402 g/mol. The van der Waals surface area contributed by atoms with Crippen molar-refractivity contribution in [2.45, 2.75) is 25.0 Å². The Kier molecular flexibility index (Phi) is 4.30. The van der Waals surface area contributed by atoms with Crippen molar-refractivity contribution in [1.29, 1.82) is 0 Å². The summed E-state index contributed by atoms with van der Waals surface area (Å²) in [5, 5.41) is 12.2. The third kappa shape index (κ3) is 2.70. The molecule has 4 aliphatic rings. The van der Waals surface area contributed by atoms with Crippen LogP contribution in [-0.4, -0.2) is 45.4 Å². The molecule has 7 nitrogen and oxygen atoms in total. The topological polar surface area (TPSA) is 81.1 Å². The Hall–Kier alpha value is -2.16. The van der Waals surface area contributed by atoms with Crippen molar-refractivity contribution in [3.8, 4) is 17.4 Å². The number of hydrogen-bond donors (Lipinski definition) is 1. The number of fused-ring (bicyclic) bond motifs is 5. The molecule has 3 fully saturated rings. The summed E-state index contributed by atoms with van der Waals surface area (Å²) >= 11 is -1.95. The standard InChI is InChI=1S/C20H22N2O5S/c1-3-11-10-22-7-6-12(11)8-16(22)18(23)17-14-9-13(25-2)4-5-15(14)21-20-19(17)26-28(24)27-20/h3-5,9,11-12,16,18,23H,1,6-8,10H2,2H3/t11-,12-,16+,18+,28?/m0/s1. The first kappa shape index (κ1) is 17.9. The van der Waals surface area contributed by atoms with Crippen LogP contribution in [0.3, 0.4) is 0 Å². The van der Waals surface area contributed by atoms with Gasteiger partial charge in [0.2, 0.25) is 5.75 Å². The lowest BCUT2D eigenvalue weighted by molar-refractivity contribution is -0.0448. The molecule has 1 aromatic heterocycles. The van der Waals surface area contributed by atoms with E-state index >= 15 is 0 Å². The first-order valence-electron chi connectivity index (χ1n) is 9.43. The third-order valence-corrected chi connectivity index (χ3v) is 6.86. The highest BCUT2D eigenvalue weighted by atomic mass is 32.2. The lowest BCUT2D eigenvalue weighted by atomic mass is 9.73. The van der Waals surface area contributed by atoms with E-state index in [1.807, 2.05) is 12.1 Å². The number of aliphatic hydroxyl groups excluding tert-OH is 1. The summed E-state index contributed by atoms with van der Waals surface area (Å²) in [4.78, 5) is 6.73. The molecule has 6 atom stereocenters. The maximum atomic E-state index is 11.9. The number of piperidine rings is 3. The molecule has 0 amide bonds. The van der Waals surface area contributed by atoms with Crippen LogP contribution >= 0.6 is 0 Å². The molecule has 2 aromatic rings. The van der Waals surface area contributed by atoms with Crippen LogP contribution in [0.25, 0.3) is 10.9 Å². The summed E-state index contributed by atoms with van der Waals surface area (Å²) in [6.07, 6.45) is 3.21. The molecule has 1 aromatic carbocycles. The van der Waals surface area contributed by atoms with Gasteiger partial charge in [-0.05, 0) is 49.4 Å². The highest BCUT2D eigenvalue weighted by molar-refractivity contribution is 7.76. The summed E-state index contributed by atoms with van der Waals surface area (Å²) < 4.78 is 27.8. The number of nitrogens with zero attached hydrogens (tertiary/aromatic N) is 2. The Labute approximate surface area is 165 Å². The summed E-state index contributed by atoms with van der Waals surface area (Å²) in [6.45, 7) is 5.81. The molecule has 148 valence electrons. The van der Waals surface area contributed by atoms with Crippen LogP contribution in [0.2, 0.25) is 0 Å². The number of ether oxygens (including phenoxy) is 1. The molecule has 8 heteroatoms. The Bertz CT molecular complexity index is 981. The molecule has 2 unspecified atom stereocenters. The molecule has 0 spiro atoms. The number of benzene rings is 1. The van der Waals surface area contributed by atoms with Gasteiger partial charge in [0.15, 0.2) is 0 Å². The Morgan fingerprint density at radius 2 is 2.32 bits per heavy atom. The number of hydrogen-bond acceptors (Lipinski definition) is 7. The summed E-state index contributed by atoms with van der Waals surface area (Å²) in [6, 6.07) is 5.38. The Morgan fingerprint density at radius 1 is 1.46 bits per heavy atom. The van der Waals surface area contributed by atoms with Gasteiger partial charge >= 0.3 is 11.4 Å². The molecular weight excluding hydrogens is 380 g/mol. The highest BCUT2D eigenvalue weighted by Crippen LogP contribution is 2.48. The summed E-state index contributed by atoms with van der Waals surface area (Å²) in [5.74, 6) is 2.05. The minimum absolute atomic E-state index is 0.0477. The molecule has 2 bridgehead atoms. The zero-order chi connectivity index (χ0) is 19.4. The smallest absolute Gasteiger partial charge is 0.419 e. The maximum absolute atomic E-state index is 11.9. The third-order valence-electron chi connectivity index (χ3n) is 6.27. The number of rotatable bonds is 4. The van der Waals surface area contributed by atoms with Crippen molar-refractivity contribution in [2.75, 3.05) is 20.2 Å². The fourth-order valence-electron chi connectivity index (χ4n) is 4.83. The first-order valence-corrected chi connectivity index (χ1v) is 10.4. The molecule has 6 rings (SSSR count). The van der Waals surface area contributed by atoms with E-state index in [1.54, 1.807) is 19.2 Å². The molecule has 3 saturated heterocycles. The fraction of sp³-hybridized carbons (Fsp3) is 0.450. The van der Waals surface area contributed by atoms with Gasteiger partial charge in [-0.15, -0.1) is 6.58 Å². The maximum Gasteiger partial charge on any atom is 0.419 e. The normalized spacial score (nSPS) is 31.7. The van der Waals surface area contributed by atoms with Gasteiger partial charge in [-0.3, -0.25) is 4.90 Å². The van der Waals surface area contributed by atoms with Crippen LogP contribution in [0.5, 0.6) is 17.4 Å². The predicted molar refractivity (Wildman–Crippen MR) is 104 cm³/mol. The van der Waals surface area contributed by atoms with Crippen molar-refractivity contribution in [1.82, 2.24) is 9.88 Å². The lowest BCUT2D eigenvalue weighted by Crippen LogP contribution is -2.54. The van der Waals surface area contributed by atoms with Crippen molar-refractivity contribution in [2.24, 2.45) is 11.8 Å². The van der Waals surface area contributed by atoms with Crippen LogP contribution in [-0.2, 0) is 11.4 Å². The SMILES string of the molecule is C=C[C@H]1CN2CC[C@H]1C[C@@H]2[C@@H](O)c1c2c(nc3ccc(OC)cc13)OS(=O)O2. The van der Waals surface area contributed by atoms with E-state index in [9.17, 15) is 9.32 Å². The molecule has 0 aliphatic carbocycles. The number of methoxy groups -OCH3 is 1. The molecular formula is C20H22N2O5S. The predicted octanol–water partition coefficient (Wildman–Crippen LogP) is 2.52. The Morgan fingerprint density at radius 3 is 3.04 bits per heavy atom. The molecule has 0 saturated carbocycles. The van der Waals surface area contributed by atoms with Crippen molar-refractivity contribution >= 4 is 22.3 Å². The molecule has 1 N–H and O–H groups in total.